The van der Waals surface area contributed by atoms with Crippen molar-refractivity contribution < 1.29 is 13.2 Å². The maximum absolute atomic E-state index is 12.4. The van der Waals surface area contributed by atoms with Crippen molar-refractivity contribution in [3.63, 3.8) is 0 Å². The van der Waals surface area contributed by atoms with Crippen LogP contribution in [0.5, 0.6) is 0 Å². The van der Waals surface area contributed by atoms with Crippen molar-refractivity contribution in [2.75, 3.05) is 20.2 Å². The number of sulfonamides is 1. The maximum Gasteiger partial charge on any atom is 0.242 e. The van der Waals surface area contributed by atoms with E-state index in [1.165, 1.54) is 23.5 Å². The highest BCUT2D eigenvalue weighted by molar-refractivity contribution is 7.89. The Balaban J connectivity index is 2.87. The fourth-order valence-corrected chi connectivity index (χ4v) is 2.99. The summed E-state index contributed by atoms with van der Waals surface area (Å²) < 4.78 is 31.4. The minimum absolute atomic E-state index is 0.0745. The topological polar surface area (TPSA) is 72.6 Å². The third kappa shape index (κ3) is 4.43. The second kappa shape index (κ2) is 7.38. The molecule has 0 saturated heterocycles. The average molecular weight is 321 g/mol. The fraction of sp³-hybridized carbons (Fsp3) is 0.538. The largest absolute Gasteiger partial charge is 0.377 e. The molecule has 0 aliphatic heterocycles. The Labute approximate surface area is 125 Å². The molecule has 0 aliphatic carbocycles. The van der Waals surface area contributed by atoms with Crippen LogP contribution in [0.2, 0.25) is 5.02 Å². The predicted molar refractivity (Wildman–Crippen MR) is 80.2 cm³/mol. The zero-order valence-corrected chi connectivity index (χ0v) is 13.5. The summed E-state index contributed by atoms with van der Waals surface area (Å²) in [5, 5.41) is 0.470. The van der Waals surface area contributed by atoms with Crippen molar-refractivity contribution in [2.45, 2.75) is 31.4 Å². The van der Waals surface area contributed by atoms with Crippen LogP contribution in [0.3, 0.4) is 0 Å². The van der Waals surface area contributed by atoms with E-state index >= 15 is 0 Å². The Kier molecular flexibility index (Phi) is 6.42. The third-order valence-corrected chi connectivity index (χ3v) is 5.02. The first-order valence-corrected chi connectivity index (χ1v) is 8.17. The number of rotatable bonds is 7. The lowest BCUT2D eigenvalue weighted by Crippen LogP contribution is -2.31. The van der Waals surface area contributed by atoms with Crippen LogP contribution in [-0.2, 0) is 21.3 Å². The summed E-state index contributed by atoms with van der Waals surface area (Å²) >= 11 is 5.94. The van der Waals surface area contributed by atoms with Crippen LogP contribution >= 0.6 is 11.6 Å². The van der Waals surface area contributed by atoms with Crippen molar-refractivity contribution in [1.29, 1.82) is 0 Å². The Morgan fingerprint density at radius 1 is 1.40 bits per heavy atom. The average Bonchev–Trinajstić information content (AvgIpc) is 2.38. The highest BCUT2D eigenvalue weighted by Gasteiger charge is 2.21. The van der Waals surface area contributed by atoms with Gasteiger partial charge in [-0.3, -0.25) is 0 Å². The summed E-state index contributed by atoms with van der Waals surface area (Å²) in [5.41, 5.74) is 6.15. The molecule has 0 amide bonds. The van der Waals surface area contributed by atoms with Gasteiger partial charge in [0.1, 0.15) is 0 Å². The highest BCUT2D eigenvalue weighted by Crippen LogP contribution is 2.22. The number of ether oxygens (including phenoxy) is 1. The number of nitrogens with two attached hydrogens (primary N) is 1. The van der Waals surface area contributed by atoms with Crippen LogP contribution in [0.1, 0.15) is 19.4 Å². The molecule has 1 aromatic carbocycles. The highest BCUT2D eigenvalue weighted by atomic mass is 35.5. The number of hydrogen-bond acceptors (Lipinski definition) is 4. The second-order valence-electron chi connectivity index (χ2n) is 4.70. The van der Waals surface area contributed by atoms with Crippen molar-refractivity contribution >= 4 is 21.6 Å². The molecule has 0 spiro atoms. The molecule has 7 heteroatoms. The number of benzene rings is 1. The van der Waals surface area contributed by atoms with Crippen LogP contribution in [-0.4, -0.2) is 39.0 Å². The van der Waals surface area contributed by atoms with Crippen molar-refractivity contribution in [3.05, 3.63) is 28.8 Å². The Hall–Kier alpha value is -0.660. The molecule has 0 saturated carbocycles. The van der Waals surface area contributed by atoms with E-state index in [1.807, 2.05) is 13.8 Å². The smallest absolute Gasteiger partial charge is 0.242 e. The molecule has 0 aromatic heterocycles. The zero-order chi connectivity index (χ0) is 15.3. The molecule has 0 heterocycles. The Morgan fingerprint density at radius 2 is 2.05 bits per heavy atom. The van der Waals surface area contributed by atoms with Gasteiger partial charge in [0.25, 0.3) is 0 Å². The van der Waals surface area contributed by atoms with Gasteiger partial charge < -0.3 is 10.5 Å². The molecule has 0 unspecified atom stereocenters. The molecule has 0 radical (unpaired) electrons. The molecular formula is C13H21ClN2O3S. The van der Waals surface area contributed by atoms with Gasteiger partial charge in [-0.2, -0.15) is 4.31 Å². The zero-order valence-electron chi connectivity index (χ0n) is 12.0. The number of nitrogens with zero attached hydrogens (tertiary/aromatic N) is 1. The number of halogens is 1. The van der Waals surface area contributed by atoms with Crippen LogP contribution < -0.4 is 5.73 Å². The lowest BCUT2D eigenvalue weighted by Gasteiger charge is -2.18. The molecule has 1 aromatic rings. The molecule has 1 rings (SSSR count). The summed E-state index contributed by atoms with van der Waals surface area (Å²) in [6.45, 7) is 4.65. The van der Waals surface area contributed by atoms with Crippen molar-refractivity contribution in [2.24, 2.45) is 5.73 Å². The SMILES string of the molecule is CC(C)OCCN(C)S(=O)(=O)c1ccc(Cl)c(CN)c1. The van der Waals surface area contributed by atoms with E-state index in [4.69, 9.17) is 22.1 Å². The molecule has 0 bridgehead atoms. The van der Waals surface area contributed by atoms with Gasteiger partial charge in [0.05, 0.1) is 17.6 Å². The van der Waals surface area contributed by atoms with Gasteiger partial charge >= 0.3 is 0 Å². The summed E-state index contributed by atoms with van der Waals surface area (Å²) in [6, 6.07) is 4.54. The van der Waals surface area contributed by atoms with Gasteiger partial charge in [-0.25, -0.2) is 8.42 Å². The van der Waals surface area contributed by atoms with E-state index in [1.54, 1.807) is 6.07 Å². The number of hydrogen-bond donors (Lipinski definition) is 1. The second-order valence-corrected chi connectivity index (χ2v) is 7.16. The molecule has 2 N–H and O–H groups in total. The minimum Gasteiger partial charge on any atom is -0.377 e. The number of likely N-dealkylation sites (N-methyl/N-ethyl adjacent to an activating group) is 1. The fourth-order valence-electron chi connectivity index (χ4n) is 1.59. The first-order chi connectivity index (χ1) is 9.28. The molecule has 20 heavy (non-hydrogen) atoms. The molecule has 114 valence electrons. The van der Waals surface area contributed by atoms with E-state index in [9.17, 15) is 8.42 Å². The predicted octanol–water partition coefficient (Wildman–Crippen LogP) is 1.84. The molecule has 0 atom stereocenters. The summed E-state index contributed by atoms with van der Waals surface area (Å²) in [6.07, 6.45) is 0.0745. The van der Waals surface area contributed by atoms with E-state index < -0.39 is 10.0 Å². The first kappa shape index (κ1) is 17.4. The van der Waals surface area contributed by atoms with Gasteiger partial charge in [0.2, 0.25) is 10.0 Å². The van der Waals surface area contributed by atoms with Crippen molar-refractivity contribution in [1.82, 2.24) is 4.31 Å². The van der Waals surface area contributed by atoms with Crippen LogP contribution in [0, 0.1) is 0 Å². The summed E-state index contributed by atoms with van der Waals surface area (Å²) in [5.74, 6) is 0. The normalized spacial score (nSPS) is 12.3. The van der Waals surface area contributed by atoms with Crippen LogP contribution in [0.15, 0.2) is 23.1 Å². The van der Waals surface area contributed by atoms with Gasteiger partial charge in [-0.15, -0.1) is 0 Å². The lowest BCUT2D eigenvalue weighted by molar-refractivity contribution is 0.0737. The van der Waals surface area contributed by atoms with Crippen molar-refractivity contribution in [3.8, 4) is 0 Å². The quantitative estimate of drug-likeness (QED) is 0.832. The lowest BCUT2D eigenvalue weighted by atomic mass is 10.2. The standard InChI is InChI=1S/C13H21ClN2O3S/c1-10(2)19-7-6-16(3)20(17,18)12-4-5-13(14)11(8-12)9-15/h4-5,8,10H,6-7,9,15H2,1-3H3. The monoisotopic (exact) mass is 320 g/mol. The van der Waals surface area contributed by atoms with E-state index in [0.717, 1.165) is 0 Å². The van der Waals surface area contributed by atoms with Crippen LogP contribution in [0.4, 0.5) is 0 Å². The molecular weight excluding hydrogens is 300 g/mol. The van der Waals surface area contributed by atoms with Crippen LogP contribution in [0.25, 0.3) is 0 Å². The third-order valence-electron chi connectivity index (χ3n) is 2.80. The molecule has 0 fully saturated rings. The summed E-state index contributed by atoms with van der Waals surface area (Å²) in [4.78, 5) is 0.189. The molecule has 5 nitrogen and oxygen atoms in total. The summed E-state index contributed by atoms with van der Waals surface area (Å²) in [7, 11) is -2.02. The van der Waals surface area contributed by atoms with Gasteiger partial charge in [-0.1, -0.05) is 11.6 Å². The van der Waals surface area contributed by atoms with E-state index in [-0.39, 0.29) is 17.5 Å². The minimum atomic E-state index is -3.55. The molecule has 0 aliphatic rings. The van der Waals surface area contributed by atoms with E-state index in [0.29, 0.717) is 23.7 Å². The first-order valence-electron chi connectivity index (χ1n) is 6.35. The van der Waals surface area contributed by atoms with Gasteiger partial charge in [-0.05, 0) is 37.6 Å². The maximum atomic E-state index is 12.4. The van der Waals surface area contributed by atoms with Gasteiger partial charge in [0, 0.05) is 25.2 Å². The van der Waals surface area contributed by atoms with Gasteiger partial charge in [0.15, 0.2) is 0 Å². The Bertz CT molecular complexity index is 547. The Morgan fingerprint density at radius 3 is 2.60 bits per heavy atom. The van der Waals surface area contributed by atoms with E-state index in [2.05, 4.69) is 0 Å².